The van der Waals surface area contributed by atoms with Gasteiger partial charge >= 0.3 is 12.3 Å². The van der Waals surface area contributed by atoms with Gasteiger partial charge in [0.2, 0.25) is 0 Å². The zero-order valence-corrected chi connectivity index (χ0v) is 18.2. The second-order valence-corrected chi connectivity index (χ2v) is 7.93. The highest BCUT2D eigenvalue weighted by Crippen LogP contribution is 2.31. The number of alkyl halides is 3. The molecule has 0 radical (unpaired) electrons. The van der Waals surface area contributed by atoms with Gasteiger partial charge in [-0.05, 0) is 40.6 Å². The minimum absolute atomic E-state index is 0.0508. The Morgan fingerprint density at radius 3 is 2.68 bits per heavy atom. The fraction of sp³-hybridized carbons (Fsp3) is 0.364. The monoisotopic (exact) mass is 476 g/mol. The molecule has 1 amide bonds. The van der Waals surface area contributed by atoms with Gasteiger partial charge < -0.3 is 20.1 Å². The van der Waals surface area contributed by atoms with Gasteiger partial charge in [0.15, 0.2) is 0 Å². The molecule has 1 saturated heterocycles. The first-order chi connectivity index (χ1) is 16.3. The topological polar surface area (TPSA) is 105 Å². The molecule has 1 aliphatic rings. The zero-order valence-electron chi connectivity index (χ0n) is 18.2. The molecule has 3 aromatic rings. The summed E-state index contributed by atoms with van der Waals surface area (Å²) in [6, 6.07) is 14.1. The van der Waals surface area contributed by atoms with Gasteiger partial charge in [-0.15, -0.1) is 5.10 Å². The van der Waals surface area contributed by atoms with Gasteiger partial charge in [0.25, 0.3) is 5.82 Å². The molecule has 2 aromatic carbocycles. The van der Waals surface area contributed by atoms with Crippen molar-refractivity contribution in [1.82, 2.24) is 30.4 Å². The average molecular weight is 476 g/mol. The number of carboxylic acid groups (broad SMARTS) is 1. The number of carbonyl (C=O) groups is 1. The van der Waals surface area contributed by atoms with Crippen LogP contribution in [0.5, 0.6) is 5.75 Å². The Balaban J connectivity index is 1.58. The number of hydrogen-bond acceptors (Lipinski definition) is 6. The molecule has 1 aliphatic heterocycles. The zero-order chi connectivity index (χ0) is 24.3. The summed E-state index contributed by atoms with van der Waals surface area (Å²) < 4.78 is 45.8. The van der Waals surface area contributed by atoms with Crippen LogP contribution < -0.4 is 10.1 Å². The van der Waals surface area contributed by atoms with Crippen LogP contribution in [0.3, 0.4) is 0 Å². The number of nitrogens with zero attached hydrogens (tertiary/aromatic N) is 5. The van der Waals surface area contributed by atoms with Crippen LogP contribution in [0.25, 0.3) is 5.69 Å². The van der Waals surface area contributed by atoms with Crippen molar-refractivity contribution in [1.29, 1.82) is 0 Å². The van der Waals surface area contributed by atoms with Gasteiger partial charge in [-0.2, -0.15) is 17.9 Å². The van der Waals surface area contributed by atoms with Crippen molar-refractivity contribution in [3.63, 3.8) is 0 Å². The molecule has 2 atom stereocenters. The average Bonchev–Trinajstić information content (AvgIpc) is 3.34. The van der Waals surface area contributed by atoms with Crippen LogP contribution in [0, 0.1) is 0 Å². The van der Waals surface area contributed by atoms with Crippen molar-refractivity contribution in [3.05, 3.63) is 65.5 Å². The van der Waals surface area contributed by atoms with E-state index in [0.717, 1.165) is 5.56 Å². The molecular formula is C22H23F3N6O3. The van der Waals surface area contributed by atoms with Crippen LogP contribution in [-0.2, 0) is 12.7 Å². The molecule has 0 spiro atoms. The van der Waals surface area contributed by atoms with Crippen molar-refractivity contribution in [2.24, 2.45) is 0 Å². The van der Waals surface area contributed by atoms with Gasteiger partial charge in [0.1, 0.15) is 5.75 Å². The van der Waals surface area contributed by atoms with E-state index in [1.54, 1.807) is 12.1 Å². The third-order valence-electron chi connectivity index (χ3n) is 5.90. The fourth-order valence-electron chi connectivity index (χ4n) is 4.22. The molecular weight excluding hydrogens is 453 g/mol. The smallest absolute Gasteiger partial charge is 0.453 e. The molecule has 180 valence electrons. The molecule has 2 N–H and O–H groups in total. The first-order valence-corrected chi connectivity index (χ1v) is 10.6. The van der Waals surface area contributed by atoms with Crippen LogP contribution in [0.2, 0.25) is 0 Å². The number of tetrazole rings is 1. The highest BCUT2D eigenvalue weighted by molar-refractivity contribution is 5.65. The lowest BCUT2D eigenvalue weighted by atomic mass is 9.86. The van der Waals surface area contributed by atoms with E-state index in [1.807, 2.05) is 30.3 Å². The van der Waals surface area contributed by atoms with E-state index >= 15 is 0 Å². The number of rotatable bonds is 6. The van der Waals surface area contributed by atoms with Crippen LogP contribution in [0.1, 0.15) is 29.3 Å². The molecule has 0 bridgehead atoms. The summed E-state index contributed by atoms with van der Waals surface area (Å²) in [5, 5.41) is 22.7. The molecule has 12 heteroatoms. The Hall–Kier alpha value is -3.67. The Labute approximate surface area is 193 Å². The lowest BCUT2D eigenvalue weighted by Crippen LogP contribution is -2.49. The summed E-state index contributed by atoms with van der Waals surface area (Å²) in [4.78, 5) is 12.9. The molecule has 2 heterocycles. The summed E-state index contributed by atoms with van der Waals surface area (Å²) >= 11 is 0. The number of nitrogens with one attached hydrogen (secondary N) is 1. The summed E-state index contributed by atoms with van der Waals surface area (Å²) in [6.45, 7) is 1.02. The number of amides is 1. The van der Waals surface area contributed by atoms with Crippen molar-refractivity contribution < 1.29 is 27.8 Å². The Morgan fingerprint density at radius 1 is 1.24 bits per heavy atom. The molecule has 1 fully saturated rings. The number of piperidine rings is 1. The predicted octanol–water partition coefficient (Wildman–Crippen LogP) is 3.32. The van der Waals surface area contributed by atoms with E-state index in [9.17, 15) is 23.1 Å². The fourth-order valence-corrected chi connectivity index (χ4v) is 4.22. The molecule has 0 aliphatic carbocycles. The number of halogens is 3. The maximum atomic E-state index is 13.3. The number of hydrogen-bond donors (Lipinski definition) is 2. The van der Waals surface area contributed by atoms with Crippen molar-refractivity contribution in [3.8, 4) is 11.4 Å². The third-order valence-corrected chi connectivity index (χ3v) is 5.90. The van der Waals surface area contributed by atoms with Crippen LogP contribution in [0.15, 0.2) is 48.5 Å². The number of aromatic nitrogens is 4. The van der Waals surface area contributed by atoms with Gasteiger partial charge in [-0.25, -0.2) is 4.79 Å². The maximum absolute atomic E-state index is 13.3. The standard InChI is InChI=1S/C22H23F3N6O3/c1-34-19-8-7-16(31-20(22(23,24)25)27-28-29-31)11-15(19)12-26-18-9-10-30(21(32)33)13-17(18)14-5-3-2-4-6-14/h2-8,11,17-18,26H,9-10,12-13H2,1H3,(H,32,33)/t17-,18-/m1/s1. The van der Waals surface area contributed by atoms with Gasteiger partial charge in [-0.3, -0.25) is 0 Å². The van der Waals surface area contributed by atoms with Crippen LogP contribution in [0.4, 0.5) is 18.0 Å². The van der Waals surface area contributed by atoms with E-state index in [0.29, 0.717) is 42.0 Å². The number of likely N-dealkylation sites (tertiary alicyclic amines) is 1. The molecule has 0 saturated carbocycles. The lowest BCUT2D eigenvalue weighted by molar-refractivity contribution is -0.146. The van der Waals surface area contributed by atoms with Gasteiger partial charge in [-0.1, -0.05) is 30.3 Å². The van der Waals surface area contributed by atoms with Gasteiger partial charge in [0, 0.05) is 37.2 Å². The summed E-state index contributed by atoms with van der Waals surface area (Å²) in [6.07, 6.45) is -5.09. The Bertz CT molecular complexity index is 1140. The number of methoxy groups -OCH3 is 1. The summed E-state index contributed by atoms with van der Waals surface area (Å²) in [7, 11) is 1.48. The van der Waals surface area contributed by atoms with E-state index in [4.69, 9.17) is 4.74 Å². The Kier molecular flexibility index (Phi) is 6.68. The van der Waals surface area contributed by atoms with E-state index in [2.05, 4.69) is 20.8 Å². The molecule has 1 aromatic heterocycles. The van der Waals surface area contributed by atoms with Crippen molar-refractivity contribution in [2.75, 3.05) is 20.2 Å². The van der Waals surface area contributed by atoms with Gasteiger partial charge in [0.05, 0.1) is 12.8 Å². The van der Waals surface area contributed by atoms with E-state index < -0.39 is 18.1 Å². The normalized spacial score (nSPS) is 18.6. The molecule has 34 heavy (non-hydrogen) atoms. The first kappa shape index (κ1) is 23.5. The van der Waals surface area contributed by atoms with Crippen LogP contribution in [-0.4, -0.2) is 62.5 Å². The lowest BCUT2D eigenvalue weighted by Gasteiger charge is -2.38. The van der Waals surface area contributed by atoms with Crippen LogP contribution >= 0.6 is 0 Å². The minimum atomic E-state index is -4.71. The SMILES string of the molecule is COc1ccc(-n2nnnc2C(F)(F)F)cc1CN[C@@H]1CCN(C(=O)O)C[C@@H]1c1ccccc1. The van der Waals surface area contributed by atoms with Crippen molar-refractivity contribution in [2.45, 2.75) is 31.1 Å². The Morgan fingerprint density at radius 2 is 2.00 bits per heavy atom. The largest absolute Gasteiger partial charge is 0.496 e. The first-order valence-electron chi connectivity index (χ1n) is 10.6. The number of benzene rings is 2. The third kappa shape index (κ3) is 4.96. The second-order valence-electron chi connectivity index (χ2n) is 7.93. The number of ether oxygens (including phenoxy) is 1. The van der Waals surface area contributed by atoms with E-state index in [1.165, 1.54) is 18.1 Å². The second kappa shape index (κ2) is 9.67. The highest BCUT2D eigenvalue weighted by atomic mass is 19.4. The molecule has 0 unspecified atom stereocenters. The highest BCUT2D eigenvalue weighted by Gasteiger charge is 2.38. The predicted molar refractivity (Wildman–Crippen MR) is 115 cm³/mol. The summed E-state index contributed by atoms with van der Waals surface area (Å²) in [5.41, 5.74) is 1.78. The molecule has 9 nitrogen and oxygen atoms in total. The maximum Gasteiger partial charge on any atom is 0.453 e. The summed E-state index contributed by atoms with van der Waals surface area (Å²) in [5.74, 6) is -0.810. The quantitative estimate of drug-likeness (QED) is 0.562. The minimum Gasteiger partial charge on any atom is -0.496 e. The van der Waals surface area contributed by atoms with Crippen molar-refractivity contribution >= 4 is 6.09 Å². The molecule has 4 rings (SSSR count). The van der Waals surface area contributed by atoms with E-state index in [-0.39, 0.29) is 17.6 Å².